The summed E-state index contributed by atoms with van der Waals surface area (Å²) in [5, 5.41) is -0.164. The molecule has 0 fully saturated rings. The van der Waals surface area contributed by atoms with Gasteiger partial charge in [0.2, 0.25) is 9.05 Å². The summed E-state index contributed by atoms with van der Waals surface area (Å²) in [6.07, 6.45) is -2.83. The molecule has 1 rings (SSSR count). The highest BCUT2D eigenvalue weighted by Gasteiger charge is 2.19. The van der Waals surface area contributed by atoms with Gasteiger partial charge in [-0.15, -0.1) is 0 Å². The van der Waals surface area contributed by atoms with E-state index >= 15 is 0 Å². The highest BCUT2D eigenvalue weighted by atomic mass is 35.7. The van der Waals surface area contributed by atoms with Gasteiger partial charge in [0.15, 0.2) is 0 Å². The van der Waals surface area contributed by atoms with Gasteiger partial charge in [-0.25, -0.2) is 17.2 Å². The maximum atomic E-state index is 12.5. The first-order valence-electron chi connectivity index (χ1n) is 3.79. The van der Waals surface area contributed by atoms with E-state index in [4.69, 9.17) is 22.3 Å². The molecule has 1 aromatic rings. The van der Waals surface area contributed by atoms with Gasteiger partial charge in [0, 0.05) is 21.3 Å². The number of rotatable bonds is 3. The molecule has 0 saturated heterocycles. The van der Waals surface area contributed by atoms with E-state index in [0.717, 1.165) is 0 Å². The van der Waals surface area contributed by atoms with Crippen LogP contribution in [0.3, 0.4) is 0 Å². The summed E-state index contributed by atoms with van der Waals surface area (Å²) in [6, 6.07) is 3.92. The molecule has 0 radical (unpaired) electrons. The first-order valence-corrected chi connectivity index (χ1v) is 6.64. The quantitative estimate of drug-likeness (QED) is 0.793. The topological polar surface area (TPSA) is 34.1 Å². The summed E-state index contributed by atoms with van der Waals surface area (Å²) in [4.78, 5) is 0. The number of halogens is 4. The standard InChI is InChI=1S/C8H6Cl2F2O2S/c9-6-3-1-2-5(4-15(10,13)14)7(6)8(11)12/h1-3,8H,4H2. The largest absolute Gasteiger partial charge is 0.265 e. The van der Waals surface area contributed by atoms with Crippen LogP contribution in [0.25, 0.3) is 0 Å². The van der Waals surface area contributed by atoms with E-state index < -0.39 is 26.8 Å². The van der Waals surface area contributed by atoms with Crippen LogP contribution >= 0.6 is 22.3 Å². The van der Waals surface area contributed by atoms with Gasteiger partial charge in [0.1, 0.15) is 0 Å². The highest BCUT2D eigenvalue weighted by Crippen LogP contribution is 2.31. The molecule has 0 amide bonds. The highest BCUT2D eigenvalue weighted by molar-refractivity contribution is 8.13. The van der Waals surface area contributed by atoms with Crippen LogP contribution in [0.2, 0.25) is 5.02 Å². The summed E-state index contributed by atoms with van der Waals surface area (Å²) in [6.45, 7) is 0. The van der Waals surface area contributed by atoms with Gasteiger partial charge < -0.3 is 0 Å². The fraction of sp³-hybridized carbons (Fsp3) is 0.250. The Morgan fingerprint density at radius 2 is 1.93 bits per heavy atom. The zero-order valence-corrected chi connectivity index (χ0v) is 9.58. The number of hydrogen-bond donors (Lipinski definition) is 0. The van der Waals surface area contributed by atoms with Crippen LogP contribution in [0.15, 0.2) is 18.2 Å². The van der Waals surface area contributed by atoms with Crippen LogP contribution in [0.5, 0.6) is 0 Å². The van der Waals surface area contributed by atoms with E-state index in [1.807, 2.05) is 0 Å². The van der Waals surface area contributed by atoms with Gasteiger partial charge in [-0.1, -0.05) is 23.7 Å². The van der Waals surface area contributed by atoms with Crippen LogP contribution < -0.4 is 0 Å². The van der Waals surface area contributed by atoms with Gasteiger partial charge in [0.25, 0.3) is 6.43 Å². The molecular formula is C8H6Cl2F2O2S. The van der Waals surface area contributed by atoms with Crippen LogP contribution in [-0.2, 0) is 14.8 Å². The van der Waals surface area contributed by atoms with Crippen molar-refractivity contribution in [1.29, 1.82) is 0 Å². The maximum Gasteiger partial charge on any atom is 0.265 e. The molecule has 7 heteroatoms. The van der Waals surface area contributed by atoms with E-state index in [1.54, 1.807) is 0 Å². The molecule has 2 nitrogen and oxygen atoms in total. The van der Waals surface area contributed by atoms with Crippen molar-refractivity contribution in [3.8, 4) is 0 Å². The Labute approximate surface area is 95.2 Å². The van der Waals surface area contributed by atoms with Crippen LogP contribution in [0.1, 0.15) is 17.6 Å². The van der Waals surface area contributed by atoms with Crippen LogP contribution in [-0.4, -0.2) is 8.42 Å². The molecule has 0 aliphatic heterocycles. The summed E-state index contributed by atoms with van der Waals surface area (Å²) >= 11 is 5.54. The van der Waals surface area contributed by atoms with E-state index in [1.165, 1.54) is 18.2 Å². The predicted molar refractivity (Wildman–Crippen MR) is 54.9 cm³/mol. The lowest BCUT2D eigenvalue weighted by molar-refractivity contribution is 0.150. The third-order valence-corrected chi connectivity index (χ3v) is 3.00. The monoisotopic (exact) mass is 274 g/mol. The van der Waals surface area contributed by atoms with E-state index in [0.29, 0.717) is 0 Å². The Balaban J connectivity index is 3.24. The summed E-state index contributed by atoms with van der Waals surface area (Å²) in [5.74, 6) is -0.658. The minimum Gasteiger partial charge on any atom is -0.212 e. The lowest BCUT2D eigenvalue weighted by Gasteiger charge is -2.08. The molecule has 0 unspecified atom stereocenters. The zero-order valence-electron chi connectivity index (χ0n) is 7.25. The van der Waals surface area contributed by atoms with Crippen LogP contribution in [0.4, 0.5) is 8.78 Å². The SMILES string of the molecule is O=S(=O)(Cl)Cc1cccc(Cl)c1C(F)F. The van der Waals surface area contributed by atoms with Crippen molar-refractivity contribution in [2.24, 2.45) is 0 Å². The Bertz CT molecular complexity index is 460. The molecule has 0 aliphatic carbocycles. The molecule has 84 valence electrons. The van der Waals surface area contributed by atoms with Crippen LogP contribution in [0, 0.1) is 0 Å². The molecule has 0 bridgehead atoms. The molecule has 0 spiro atoms. The van der Waals surface area contributed by atoms with Crippen molar-refractivity contribution in [2.45, 2.75) is 12.2 Å². The van der Waals surface area contributed by atoms with Gasteiger partial charge in [-0.05, 0) is 11.6 Å². The lowest BCUT2D eigenvalue weighted by atomic mass is 10.1. The van der Waals surface area contributed by atoms with Crippen molar-refractivity contribution >= 4 is 31.3 Å². The second-order valence-electron chi connectivity index (χ2n) is 2.80. The summed E-state index contributed by atoms with van der Waals surface area (Å²) < 4.78 is 46.6. The molecule has 0 heterocycles. The van der Waals surface area contributed by atoms with Gasteiger partial charge in [0.05, 0.1) is 5.75 Å². The minimum atomic E-state index is -3.87. The fourth-order valence-corrected chi connectivity index (χ4v) is 2.39. The third kappa shape index (κ3) is 3.59. The Hall–Kier alpha value is -0.390. The molecule has 0 N–H and O–H groups in total. The van der Waals surface area contributed by atoms with E-state index in [-0.39, 0.29) is 10.6 Å². The van der Waals surface area contributed by atoms with Gasteiger partial charge in [-0.2, -0.15) is 0 Å². The van der Waals surface area contributed by atoms with Crippen molar-refractivity contribution in [3.05, 3.63) is 34.3 Å². The number of benzene rings is 1. The molecule has 0 aliphatic rings. The van der Waals surface area contributed by atoms with Gasteiger partial charge in [-0.3, -0.25) is 0 Å². The van der Waals surface area contributed by atoms with Gasteiger partial charge >= 0.3 is 0 Å². The fourth-order valence-electron chi connectivity index (χ4n) is 1.14. The lowest BCUT2D eigenvalue weighted by Crippen LogP contribution is -2.01. The minimum absolute atomic E-state index is 0.0764. The normalized spacial score (nSPS) is 12.1. The molecule has 1 aromatic carbocycles. The van der Waals surface area contributed by atoms with E-state index in [2.05, 4.69) is 0 Å². The number of hydrogen-bond acceptors (Lipinski definition) is 2. The van der Waals surface area contributed by atoms with Crippen molar-refractivity contribution in [2.75, 3.05) is 0 Å². The molecular weight excluding hydrogens is 269 g/mol. The maximum absolute atomic E-state index is 12.5. The Morgan fingerprint density at radius 1 is 1.33 bits per heavy atom. The molecule has 15 heavy (non-hydrogen) atoms. The van der Waals surface area contributed by atoms with Crippen molar-refractivity contribution in [1.82, 2.24) is 0 Å². The van der Waals surface area contributed by atoms with Crippen molar-refractivity contribution in [3.63, 3.8) is 0 Å². The average Bonchev–Trinajstić information content (AvgIpc) is 1.99. The molecule has 0 aromatic heterocycles. The zero-order chi connectivity index (χ0) is 11.6. The molecule has 0 saturated carbocycles. The number of alkyl halides is 2. The first-order chi connectivity index (χ1) is 6.81. The second-order valence-corrected chi connectivity index (χ2v) is 5.98. The van der Waals surface area contributed by atoms with Crippen molar-refractivity contribution < 1.29 is 17.2 Å². The third-order valence-electron chi connectivity index (χ3n) is 1.69. The smallest absolute Gasteiger partial charge is 0.212 e. The van der Waals surface area contributed by atoms with E-state index in [9.17, 15) is 17.2 Å². The second kappa shape index (κ2) is 4.63. The summed E-state index contributed by atoms with van der Waals surface area (Å²) in [5.41, 5.74) is -0.559. The predicted octanol–water partition coefficient (Wildman–Crippen LogP) is 3.35. The summed E-state index contributed by atoms with van der Waals surface area (Å²) in [7, 11) is 1.11. The average molecular weight is 275 g/mol. The first kappa shape index (κ1) is 12.7. The Morgan fingerprint density at radius 3 is 2.40 bits per heavy atom. The Kier molecular flexibility index (Phi) is 3.92. The molecule has 0 atom stereocenters.